The highest BCUT2D eigenvalue weighted by Crippen LogP contribution is 2.11. The van der Waals surface area contributed by atoms with Crippen molar-refractivity contribution < 1.29 is 14.3 Å². The Kier molecular flexibility index (Phi) is 7.89. The van der Waals surface area contributed by atoms with Crippen molar-refractivity contribution in [2.24, 2.45) is 5.73 Å². The number of benzene rings is 1. The average Bonchev–Trinajstić information content (AvgIpc) is 2.44. The van der Waals surface area contributed by atoms with Gasteiger partial charge in [0.15, 0.2) is 0 Å². The van der Waals surface area contributed by atoms with Crippen LogP contribution < -0.4 is 11.1 Å². The van der Waals surface area contributed by atoms with Crippen LogP contribution in [0.5, 0.6) is 0 Å². The molecule has 0 aliphatic rings. The Morgan fingerprint density at radius 1 is 1.48 bits per heavy atom. The van der Waals surface area contributed by atoms with Gasteiger partial charge >= 0.3 is 0 Å². The quantitative estimate of drug-likeness (QED) is 0.540. The molecule has 1 atom stereocenters. The monoisotopic (exact) mass is 310 g/mol. The number of anilines is 1. The summed E-state index contributed by atoms with van der Waals surface area (Å²) in [5.74, 6) is -0.0573. The van der Waals surface area contributed by atoms with E-state index >= 15 is 0 Å². The molecule has 0 saturated heterocycles. The Morgan fingerprint density at radius 2 is 2.24 bits per heavy atom. The summed E-state index contributed by atoms with van der Waals surface area (Å²) in [7, 11) is 1.63. The first-order valence-corrected chi connectivity index (χ1v) is 7.24. The number of rotatable bonds is 9. The minimum absolute atomic E-state index is 0.0420. The van der Waals surface area contributed by atoms with E-state index in [1.807, 2.05) is 13.0 Å². The second kappa shape index (κ2) is 9.44. The number of carbonyl (C=O) groups excluding carboxylic acids is 1. The number of hydrogen-bond acceptors (Lipinski definition) is 4. The van der Waals surface area contributed by atoms with Crippen molar-refractivity contribution in [3.05, 3.63) is 29.8 Å². The lowest BCUT2D eigenvalue weighted by molar-refractivity contribution is -0.116. The molecule has 3 N–H and O–H groups in total. The molecule has 0 aliphatic heterocycles. The van der Waals surface area contributed by atoms with Crippen LogP contribution in [-0.4, -0.2) is 37.3 Å². The maximum absolute atomic E-state index is 11.8. The molecule has 5 nitrogen and oxygen atoms in total. The van der Waals surface area contributed by atoms with Crippen molar-refractivity contribution in [3.63, 3.8) is 0 Å². The van der Waals surface area contributed by atoms with Gasteiger partial charge in [0.05, 0.1) is 12.7 Å². The molecule has 0 aromatic heterocycles. The van der Waals surface area contributed by atoms with Gasteiger partial charge in [0.25, 0.3) is 0 Å². The van der Waals surface area contributed by atoms with Crippen LogP contribution in [0.15, 0.2) is 24.3 Å². The molecular weight excluding hydrogens is 288 g/mol. The van der Waals surface area contributed by atoms with Gasteiger partial charge in [0.1, 0.15) is 4.99 Å². The molecule has 0 saturated carbocycles. The van der Waals surface area contributed by atoms with Crippen molar-refractivity contribution in [3.8, 4) is 0 Å². The highest BCUT2D eigenvalue weighted by atomic mass is 32.1. The number of ether oxygens (including phenoxy) is 2. The highest BCUT2D eigenvalue weighted by Gasteiger charge is 2.05. The average molecular weight is 310 g/mol. The van der Waals surface area contributed by atoms with Crippen LogP contribution in [0.2, 0.25) is 0 Å². The maximum Gasteiger partial charge on any atom is 0.224 e. The molecule has 116 valence electrons. The van der Waals surface area contributed by atoms with Crippen LogP contribution in [0.4, 0.5) is 5.69 Å². The fourth-order valence-electron chi connectivity index (χ4n) is 1.77. The Morgan fingerprint density at radius 3 is 2.90 bits per heavy atom. The van der Waals surface area contributed by atoms with Crippen molar-refractivity contribution >= 4 is 28.8 Å². The van der Waals surface area contributed by atoms with E-state index in [-0.39, 0.29) is 12.0 Å². The molecule has 0 aliphatic carbocycles. The van der Waals surface area contributed by atoms with E-state index in [0.717, 1.165) is 5.56 Å². The standard InChI is InChI=1S/C15H22N2O3S/c1-11(10-19-2)20-8-4-7-14(18)17-13-6-3-5-12(9-13)15(16)21/h3,5-6,9,11H,4,7-8,10H2,1-2H3,(H2,16,21)(H,17,18). The highest BCUT2D eigenvalue weighted by molar-refractivity contribution is 7.80. The fourth-order valence-corrected chi connectivity index (χ4v) is 1.90. The van der Waals surface area contributed by atoms with Gasteiger partial charge in [-0.15, -0.1) is 0 Å². The van der Waals surface area contributed by atoms with E-state index in [9.17, 15) is 4.79 Å². The number of nitrogens with one attached hydrogen (secondary N) is 1. The summed E-state index contributed by atoms with van der Waals surface area (Å²) in [5, 5.41) is 2.82. The van der Waals surface area contributed by atoms with Crippen LogP contribution in [0.1, 0.15) is 25.3 Å². The molecule has 1 unspecified atom stereocenters. The second-order valence-corrected chi connectivity index (χ2v) is 5.17. The topological polar surface area (TPSA) is 73.6 Å². The molecule has 1 aromatic rings. The van der Waals surface area contributed by atoms with E-state index in [0.29, 0.717) is 36.7 Å². The molecule has 0 radical (unpaired) electrons. The number of carbonyl (C=O) groups is 1. The zero-order chi connectivity index (χ0) is 15.7. The Balaban J connectivity index is 2.31. The first-order valence-electron chi connectivity index (χ1n) is 6.83. The Bertz CT molecular complexity index is 480. The SMILES string of the molecule is COCC(C)OCCCC(=O)Nc1cccc(C(N)=S)c1. The molecule has 0 bridgehead atoms. The largest absolute Gasteiger partial charge is 0.389 e. The lowest BCUT2D eigenvalue weighted by Gasteiger charge is -2.11. The van der Waals surface area contributed by atoms with Crippen molar-refractivity contribution in [1.29, 1.82) is 0 Å². The van der Waals surface area contributed by atoms with Gasteiger partial charge in [-0.3, -0.25) is 4.79 Å². The number of thiocarbonyl (C=S) groups is 1. The van der Waals surface area contributed by atoms with Gasteiger partial charge in [-0.2, -0.15) is 0 Å². The van der Waals surface area contributed by atoms with E-state index in [1.165, 1.54) is 0 Å². The summed E-state index contributed by atoms with van der Waals surface area (Å²) in [4.78, 5) is 12.1. The minimum Gasteiger partial charge on any atom is -0.389 e. The van der Waals surface area contributed by atoms with Gasteiger partial charge in [0, 0.05) is 31.4 Å². The van der Waals surface area contributed by atoms with Crippen molar-refractivity contribution in [2.75, 3.05) is 25.6 Å². The zero-order valence-electron chi connectivity index (χ0n) is 12.4. The normalized spacial score (nSPS) is 11.9. The summed E-state index contributed by atoms with van der Waals surface area (Å²) < 4.78 is 10.5. The molecule has 1 rings (SSSR count). The molecule has 0 heterocycles. The van der Waals surface area contributed by atoms with Crippen molar-refractivity contribution in [1.82, 2.24) is 0 Å². The van der Waals surface area contributed by atoms with Crippen LogP contribution >= 0.6 is 12.2 Å². The molecule has 1 amide bonds. The Hall–Kier alpha value is -1.50. The molecular formula is C15H22N2O3S. The summed E-state index contributed by atoms with van der Waals surface area (Å²) in [6.45, 7) is 3.02. The van der Waals surface area contributed by atoms with E-state index in [2.05, 4.69) is 5.32 Å². The van der Waals surface area contributed by atoms with Gasteiger partial charge in [-0.1, -0.05) is 24.4 Å². The van der Waals surface area contributed by atoms with Crippen LogP contribution in [0.3, 0.4) is 0 Å². The molecule has 0 fully saturated rings. The first-order chi connectivity index (χ1) is 10.0. The molecule has 0 spiro atoms. The molecule has 1 aromatic carbocycles. The first kappa shape index (κ1) is 17.6. The van der Waals surface area contributed by atoms with E-state index in [4.69, 9.17) is 27.4 Å². The maximum atomic E-state index is 11.8. The van der Waals surface area contributed by atoms with Gasteiger partial charge in [0.2, 0.25) is 5.91 Å². The number of amides is 1. The lowest BCUT2D eigenvalue weighted by atomic mass is 10.2. The fraction of sp³-hybridized carbons (Fsp3) is 0.467. The minimum atomic E-state index is -0.0573. The number of hydrogen-bond donors (Lipinski definition) is 2. The van der Waals surface area contributed by atoms with Crippen LogP contribution in [0.25, 0.3) is 0 Å². The third-order valence-corrected chi connectivity index (χ3v) is 3.02. The van der Waals surface area contributed by atoms with Gasteiger partial charge in [-0.25, -0.2) is 0 Å². The predicted molar refractivity (Wildman–Crippen MR) is 87.5 cm³/mol. The number of nitrogens with two attached hydrogens (primary N) is 1. The number of methoxy groups -OCH3 is 1. The van der Waals surface area contributed by atoms with E-state index < -0.39 is 0 Å². The molecule has 6 heteroatoms. The smallest absolute Gasteiger partial charge is 0.224 e. The lowest BCUT2D eigenvalue weighted by Crippen LogP contribution is -2.17. The van der Waals surface area contributed by atoms with E-state index in [1.54, 1.807) is 25.3 Å². The van der Waals surface area contributed by atoms with Gasteiger partial charge < -0.3 is 20.5 Å². The zero-order valence-corrected chi connectivity index (χ0v) is 13.2. The Labute approximate surface area is 130 Å². The molecule has 21 heavy (non-hydrogen) atoms. The second-order valence-electron chi connectivity index (χ2n) is 4.73. The van der Waals surface area contributed by atoms with Crippen LogP contribution in [0, 0.1) is 0 Å². The van der Waals surface area contributed by atoms with Crippen LogP contribution in [-0.2, 0) is 14.3 Å². The summed E-state index contributed by atoms with van der Waals surface area (Å²) in [5.41, 5.74) is 6.99. The summed E-state index contributed by atoms with van der Waals surface area (Å²) in [6.07, 6.45) is 1.10. The van der Waals surface area contributed by atoms with Crippen molar-refractivity contribution in [2.45, 2.75) is 25.9 Å². The third-order valence-electron chi connectivity index (χ3n) is 2.78. The summed E-state index contributed by atoms with van der Waals surface area (Å²) >= 11 is 4.91. The summed E-state index contributed by atoms with van der Waals surface area (Å²) in [6, 6.07) is 7.18. The predicted octanol–water partition coefficient (Wildman–Crippen LogP) is 2.09. The van der Waals surface area contributed by atoms with Gasteiger partial charge in [-0.05, 0) is 25.5 Å². The third kappa shape index (κ3) is 7.17.